The Bertz CT molecular complexity index is 807. The number of benzene rings is 1. The van der Waals surface area contributed by atoms with Crippen LogP contribution in [-0.2, 0) is 4.79 Å². The van der Waals surface area contributed by atoms with Gasteiger partial charge in [-0.2, -0.15) is 0 Å². The molecule has 10 heteroatoms. The summed E-state index contributed by atoms with van der Waals surface area (Å²) in [5.41, 5.74) is 6.90. The molecule has 0 fully saturated rings. The smallest absolute Gasteiger partial charge is 0.406 e. The van der Waals surface area contributed by atoms with E-state index in [1.807, 2.05) is 13.0 Å². The van der Waals surface area contributed by atoms with Gasteiger partial charge >= 0.3 is 6.36 Å². The third-order valence-corrected chi connectivity index (χ3v) is 3.14. The van der Waals surface area contributed by atoms with E-state index in [2.05, 4.69) is 25.3 Å². The molecular formula is C17H18F3N5O2. The first-order valence-corrected chi connectivity index (χ1v) is 7.87. The largest absolute Gasteiger partial charge is 0.573 e. The van der Waals surface area contributed by atoms with Crippen molar-refractivity contribution in [2.45, 2.75) is 19.7 Å². The number of hydrogen-bond acceptors (Lipinski definition) is 4. The molecule has 0 aliphatic rings. The van der Waals surface area contributed by atoms with Crippen LogP contribution in [-0.4, -0.2) is 29.8 Å². The van der Waals surface area contributed by atoms with Crippen molar-refractivity contribution in [1.82, 2.24) is 4.98 Å². The van der Waals surface area contributed by atoms with Crippen LogP contribution in [0.5, 0.6) is 5.75 Å². The number of amides is 1. The fourth-order valence-corrected chi connectivity index (χ4v) is 2.02. The van der Waals surface area contributed by atoms with E-state index in [-0.39, 0.29) is 30.6 Å². The monoisotopic (exact) mass is 381 g/mol. The minimum atomic E-state index is -4.75. The van der Waals surface area contributed by atoms with Gasteiger partial charge in [-0.05, 0) is 43.3 Å². The number of aryl methyl sites for hydroxylation is 1. The van der Waals surface area contributed by atoms with Gasteiger partial charge in [-0.3, -0.25) is 9.79 Å². The third kappa shape index (κ3) is 7.63. The molecular weight excluding hydrogens is 363 g/mol. The molecule has 0 radical (unpaired) electrons. The molecule has 0 saturated heterocycles. The quantitative estimate of drug-likeness (QED) is 0.527. The summed E-state index contributed by atoms with van der Waals surface area (Å²) in [6, 6.07) is 10.3. The van der Waals surface area contributed by atoms with Crippen molar-refractivity contribution in [2.75, 3.05) is 17.2 Å². The van der Waals surface area contributed by atoms with Crippen molar-refractivity contribution in [3.8, 4) is 5.75 Å². The van der Waals surface area contributed by atoms with Crippen molar-refractivity contribution in [3.63, 3.8) is 0 Å². The number of nitrogens with one attached hydrogen (secondary N) is 2. The highest BCUT2D eigenvalue weighted by atomic mass is 19.4. The van der Waals surface area contributed by atoms with Crippen LogP contribution < -0.4 is 21.1 Å². The number of hydrogen-bond donors (Lipinski definition) is 3. The van der Waals surface area contributed by atoms with Crippen LogP contribution in [0.4, 0.5) is 24.7 Å². The number of guanidine groups is 1. The molecule has 0 bridgehead atoms. The molecule has 0 aliphatic carbocycles. The molecule has 2 rings (SSSR count). The van der Waals surface area contributed by atoms with Gasteiger partial charge in [0, 0.05) is 17.8 Å². The van der Waals surface area contributed by atoms with Crippen molar-refractivity contribution in [1.29, 1.82) is 0 Å². The standard InChI is InChI=1S/C17H18F3N5O2/c1-11-3-2-4-14(23-11)25-15(26)9-10-22-16(21)24-12-5-7-13(8-6-12)27-17(18,19)20/h2-8H,9-10H2,1H3,(H3,21,22,24)(H,23,25,26). The SMILES string of the molecule is Cc1cccc(NC(=O)CCN=C(N)Nc2ccc(OC(F)(F)F)cc2)n1. The number of aliphatic imine (C=N–C) groups is 1. The van der Waals surface area contributed by atoms with Gasteiger partial charge in [0.05, 0.1) is 6.54 Å². The summed E-state index contributed by atoms with van der Waals surface area (Å²) in [4.78, 5) is 20.0. The van der Waals surface area contributed by atoms with E-state index in [0.29, 0.717) is 11.5 Å². The van der Waals surface area contributed by atoms with Crippen molar-refractivity contribution in [3.05, 3.63) is 48.2 Å². The minimum Gasteiger partial charge on any atom is -0.406 e. The van der Waals surface area contributed by atoms with Crippen LogP contribution in [0.15, 0.2) is 47.5 Å². The first-order chi connectivity index (χ1) is 12.7. The average molecular weight is 381 g/mol. The second-order valence-corrected chi connectivity index (χ2v) is 5.43. The summed E-state index contributed by atoms with van der Waals surface area (Å²) in [7, 11) is 0. The predicted octanol–water partition coefficient (Wildman–Crippen LogP) is 3.04. The Kier molecular flexibility index (Phi) is 6.58. The van der Waals surface area contributed by atoms with Crippen LogP contribution in [0.1, 0.15) is 12.1 Å². The highest BCUT2D eigenvalue weighted by molar-refractivity contribution is 5.93. The molecule has 0 unspecified atom stereocenters. The van der Waals surface area contributed by atoms with Crippen LogP contribution in [0.25, 0.3) is 0 Å². The van der Waals surface area contributed by atoms with E-state index < -0.39 is 6.36 Å². The molecule has 7 nitrogen and oxygen atoms in total. The summed E-state index contributed by atoms with van der Waals surface area (Å²) in [6.07, 6.45) is -4.65. The zero-order valence-corrected chi connectivity index (χ0v) is 14.4. The Morgan fingerprint density at radius 1 is 1.19 bits per heavy atom. The second kappa shape index (κ2) is 8.88. The van der Waals surface area contributed by atoms with Gasteiger partial charge in [0.1, 0.15) is 11.6 Å². The van der Waals surface area contributed by atoms with Gasteiger partial charge in [0.25, 0.3) is 0 Å². The first kappa shape index (κ1) is 20.0. The summed E-state index contributed by atoms with van der Waals surface area (Å²) >= 11 is 0. The number of aromatic nitrogens is 1. The van der Waals surface area contributed by atoms with Crippen LogP contribution in [0, 0.1) is 6.92 Å². The summed E-state index contributed by atoms with van der Waals surface area (Å²) in [6.45, 7) is 1.94. The molecule has 1 amide bonds. The summed E-state index contributed by atoms with van der Waals surface area (Å²) < 4.78 is 40.1. The Morgan fingerprint density at radius 2 is 1.89 bits per heavy atom. The van der Waals surface area contributed by atoms with E-state index in [1.54, 1.807) is 12.1 Å². The summed E-state index contributed by atoms with van der Waals surface area (Å²) in [5, 5.41) is 5.35. The van der Waals surface area contributed by atoms with Gasteiger partial charge in [0.2, 0.25) is 5.91 Å². The maximum absolute atomic E-state index is 12.1. The fourth-order valence-electron chi connectivity index (χ4n) is 2.02. The molecule has 144 valence electrons. The Hall–Kier alpha value is -3.30. The maximum atomic E-state index is 12.1. The zero-order chi connectivity index (χ0) is 19.9. The molecule has 27 heavy (non-hydrogen) atoms. The second-order valence-electron chi connectivity index (χ2n) is 5.43. The van der Waals surface area contributed by atoms with Crippen molar-refractivity contribution >= 4 is 23.4 Å². The number of carbonyl (C=O) groups is 1. The number of halogens is 3. The van der Waals surface area contributed by atoms with Gasteiger partial charge in [-0.15, -0.1) is 13.2 Å². The number of rotatable bonds is 6. The Labute approximate surface area is 153 Å². The molecule has 0 saturated carbocycles. The highest BCUT2D eigenvalue weighted by Gasteiger charge is 2.30. The lowest BCUT2D eigenvalue weighted by Crippen LogP contribution is -2.23. The van der Waals surface area contributed by atoms with Gasteiger partial charge in [-0.25, -0.2) is 4.98 Å². The molecule has 1 aromatic carbocycles. The van der Waals surface area contributed by atoms with Crippen molar-refractivity contribution in [2.24, 2.45) is 10.7 Å². The molecule has 4 N–H and O–H groups in total. The lowest BCUT2D eigenvalue weighted by atomic mass is 10.3. The first-order valence-electron chi connectivity index (χ1n) is 7.87. The summed E-state index contributed by atoms with van der Waals surface area (Å²) in [5.74, 6) is -0.125. The number of anilines is 2. The van der Waals surface area contributed by atoms with E-state index in [0.717, 1.165) is 17.8 Å². The molecule has 1 aromatic heterocycles. The van der Waals surface area contributed by atoms with Gasteiger partial charge in [-0.1, -0.05) is 6.07 Å². The Morgan fingerprint density at radius 3 is 2.52 bits per heavy atom. The number of carbonyl (C=O) groups excluding carboxylic acids is 1. The number of nitrogens with two attached hydrogens (primary N) is 1. The topological polar surface area (TPSA) is 102 Å². The minimum absolute atomic E-state index is 0.0287. The molecule has 1 heterocycles. The van der Waals surface area contributed by atoms with E-state index >= 15 is 0 Å². The maximum Gasteiger partial charge on any atom is 0.573 e. The number of nitrogens with zero attached hydrogens (tertiary/aromatic N) is 2. The molecule has 0 spiro atoms. The average Bonchev–Trinajstić information content (AvgIpc) is 2.55. The van der Waals surface area contributed by atoms with E-state index in [4.69, 9.17) is 5.73 Å². The van der Waals surface area contributed by atoms with Crippen molar-refractivity contribution < 1.29 is 22.7 Å². The molecule has 0 aliphatic heterocycles. The number of alkyl halides is 3. The van der Waals surface area contributed by atoms with Crippen LogP contribution in [0.3, 0.4) is 0 Å². The van der Waals surface area contributed by atoms with E-state index in [9.17, 15) is 18.0 Å². The number of ether oxygens (including phenoxy) is 1. The van der Waals surface area contributed by atoms with Crippen LogP contribution >= 0.6 is 0 Å². The lowest BCUT2D eigenvalue weighted by molar-refractivity contribution is -0.274. The van der Waals surface area contributed by atoms with Gasteiger partial charge in [0.15, 0.2) is 5.96 Å². The predicted molar refractivity (Wildman–Crippen MR) is 95.5 cm³/mol. The Balaban J connectivity index is 1.79. The fraction of sp³-hybridized carbons (Fsp3) is 0.235. The lowest BCUT2D eigenvalue weighted by Gasteiger charge is -2.10. The number of pyridine rings is 1. The van der Waals surface area contributed by atoms with E-state index in [1.165, 1.54) is 12.1 Å². The molecule has 0 atom stereocenters. The van der Waals surface area contributed by atoms with Crippen LogP contribution in [0.2, 0.25) is 0 Å². The normalized spacial score (nSPS) is 11.8. The zero-order valence-electron chi connectivity index (χ0n) is 14.4. The van der Waals surface area contributed by atoms with Gasteiger partial charge < -0.3 is 21.1 Å². The molecule has 2 aromatic rings. The third-order valence-electron chi connectivity index (χ3n) is 3.14. The highest BCUT2D eigenvalue weighted by Crippen LogP contribution is 2.23.